The van der Waals surface area contributed by atoms with Gasteiger partial charge in [0.05, 0.1) is 5.25 Å². The lowest BCUT2D eigenvalue weighted by molar-refractivity contribution is -0.120. The van der Waals surface area contributed by atoms with Gasteiger partial charge in [-0.3, -0.25) is 4.79 Å². The summed E-state index contributed by atoms with van der Waals surface area (Å²) in [6, 6.07) is 16.3. The van der Waals surface area contributed by atoms with Gasteiger partial charge < -0.3 is 10.2 Å². The van der Waals surface area contributed by atoms with Gasteiger partial charge in [0.15, 0.2) is 0 Å². The molecule has 0 bridgehead atoms. The van der Waals surface area contributed by atoms with Crippen LogP contribution in [0.25, 0.3) is 0 Å². The number of thioether (sulfide) groups is 1. The topological polar surface area (TPSA) is 32.3 Å². The highest BCUT2D eigenvalue weighted by Crippen LogP contribution is 2.27. The van der Waals surface area contributed by atoms with E-state index in [4.69, 9.17) is 11.6 Å². The average Bonchev–Trinajstić information content (AvgIpc) is 2.70. The van der Waals surface area contributed by atoms with Crippen LogP contribution in [0.5, 0.6) is 0 Å². The number of fused-ring (bicyclic) bond motifs is 1. The van der Waals surface area contributed by atoms with E-state index < -0.39 is 0 Å². The molecule has 144 valence electrons. The zero-order valence-electron chi connectivity index (χ0n) is 15.8. The van der Waals surface area contributed by atoms with Gasteiger partial charge in [0.25, 0.3) is 0 Å². The molecule has 0 spiro atoms. The molecule has 0 saturated carbocycles. The zero-order chi connectivity index (χ0) is 19.1. The minimum Gasteiger partial charge on any atom is -0.371 e. The van der Waals surface area contributed by atoms with Crippen molar-refractivity contribution in [1.29, 1.82) is 0 Å². The fourth-order valence-corrected chi connectivity index (χ4v) is 4.54. The van der Waals surface area contributed by atoms with Crippen LogP contribution in [-0.4, -0.2) is 30.8 Å². The third-order valence-electron chi connectivity index (χ3n) is 4.87. The maximum absolute atomic E-state index is 12.5. The van der Waals surface area contributed by atoms with Crippen LogP contribution in [0.2, 0.25) is 5.02 Å². The van der Waals surface area contributed by atoms with Crippen molar-refractivity contribution in [2.75, 3.05) is 24.5 Å². The Morgan fingerprint density at radius 1 is 1.22 bits per heavy atom. The zero-order valence-corrected chi connectivity index (χ0v) is 17.4. The summed E-state index contributed by atoms with van der Waals surface area (Å²) in [5.74, 6) is 0.122. The SMILES string of the molecule is CC[C@@H](Sc1ccc(Cl)cc1)C(=O)NCCCN1CCCc2ccccc21. The van der Waals surface area contributed by atoms with Crippen molar-refractivity contribution in [3.63, 3.8) is 0 Å². The number of amides is 1. The number of carbonyl (C=O) groups is 1. The predicted molar refractivity (Wildman–Crippen MR) is 116 cm³/mol. The Bertz CT molecular complexity index is 750. The van der Waals surface area contributed by atoms with Gasteiger partial charge in [-0.15, -0.1) is 11.8 Å². The summed E-state index contributed by atoms with van der Waals surface area (Å²) in [5.41, 5.74) is 2.80. The standard InChI is InChI=1S/C22H27ClN2OS/c1-2-21(27-19-12-10-18(23)11-13-19)22(26)24-14-6-16-25-15-5-8-17-7-3-4-9-20(17)25/h3-4,7,9-13,21H,2,5-6,8,14-16H2,1H3,(H,24,26)/t21-/m1/s1. The van der Waals surface area contributed by atoms with Crippen molar-refractivity contribution < 1.29 is 4.79 Å². The summed E-state index contributed by atoms with van der Waals surface area (Å²) in [6.07, 6.45) is 4.14. The minimum atomic E-state index is -0.0677. The molecule has 1 atom stereocenters. The number of anilines is 1. The normalized spacial score (nSPS) is 14.5. The van der Waals surface area contributed by atoms with E-state index in [0.29, 0.717) is 0 Å². The molecule has 1 aliphatic heterocycles. The van der Waals surface area contributed by atoms with Crippen molar-refractivity contribution >= 4 is 35.0 Å². The number of nitrogens with zero attached hydrogens (tertiary/aromatic N) is 1. The number of hydrogen-bond acceptors (Lipinski definition) is 3. The summed E-state index contributed by atoms with van der Waals surface area (Å²) in [7, 11) is 0. The fourth-order valence-electron chi connectivity index (χ4n) is 3.44. The van der Waals surface area contributed by atoms with Crippen LogP contribution in [0, 0.1) is 0 Å². The maximum Gasteiger partial charge on any atom is 0.233 e. The van der Waals surface area contributed by atoms with E-state index in [9.17, 15) is 4.79 Å². The summed E-state index contributed by atoms with van der Waals surface area (Å²) in [6.45, 7) is 4.86. The first-order valence-corrected chi connectivity index (χ1v) is 11.0. The monoisotopic (exact) mass is 402 g/mol. The number of halogens is 1. The Labute approximate surface area is 171 Å². The second kappa shape index (κ2) is 10.0. The van der Waals surface area contributed by atoms with E-state index in [1.54, 1.807) is 11.8 Å². The van der Waals surface area contributed by atoms with Crippen LogP contribution in [-0.2, 0) is 11.2 Å². The molecule has 0 aromatic heterocycles. The third-order valence-corrected chi connectivity index (χ3v) is 6.49. The smallest absolute Gasteiger partial charge is 0.233 e. The van der Waals surface area contributed by atoms with Crippen molar-refractivity contribution in [1.82, 2.24) is 5.32 Å². The summed E-state index contributed by atoms with van der Waals surface area (Å²) in [4.78, 5) is 16.0. The van der Waals surface area contributed by atoms with E-state index in [1.165, 1.54) is 24.1 Å². The molecule has 3 nitrogen and oxygen atoms in total. The number of carbonyl (C=O) groups excluding carboxylic acids is 1. The van der Waals surface area contributed by atoms with E-state index in [-0.39, 0.29) is 11.2 Å². The maximum atomic E-state index is 12.5. The van der Waals surface area contributed by atoms with Gasteiger partial charge in [0.1, 0.15) is 0 Å². The Hall–Kier alpha value is -1.65. The molecular formula is C22H27ClN2OS. The summed E-state index contributed by atoms with van der Waals surface area (Å²) in [5, 5.41) is 3.77. The second-order valence-corrected chi connectivity index (χ2v) is 8.55. The van der Waals surface area contributed by atoms with Crippen molar-refractivity contribution in [3.05, 3.63) is 59.1 Å². The number of benzene rings is 2. The van der Waals surface area contributed by atoms with Crippen LogP contribution in [0.3, 0.4) is 0 Å². The second-order valence-electron chi connectivity index (χ2n) is 6.83. The van der Waals surface area contributed by atoms with Crippen molar-refractivity contribution in [2.45, 2.75) is 42.8 Å². The minimum absolute atomic E-state index is 0.0677. The molecule has 3 rings (SSSR count). The lowest BCUT2D eigenvalue weighted by atomic mass is 10.0. The molecule has 27 heavy (non-hydrogen) atoms. The highest BCUT2D eigenvalue weighted by Gasteiger charge is 2.18. The van der Waals surface area contributed by atoms with E-state index in [0.717, 1.165) is 42.4 Å². The molecule has 1 aliphatic rings. The molecule has 0 fully saturated rings. The van der Waals surface area contributed by atoms with E-state index >= 15 is 0 Å². The lowest BCUT2D eigenvalue weighted by Gasteiger charge is -2.31. The predicted octanol–water partition coefficient (Wildman–Crippen LogP) is 5.17. The number of nitrogens with one attached hydrogen (secondary N) is 1. The van der Waals surface area contributed by atoms with Gasteiger partial charge in [0, 0.05) is 35.2 Å². The van der Waals surface area contributed by atoms with Gasteiger partial charge in [-0.2, -0.15) is 0 Å². The van der Waals surface area contributed by atoms with Crippen LogP contribution in [0.1, 0.15) is 31.7 Å². The summed E-state index contributed by atoms with van der Waals surface area (Å²) < 4.78 is 0. The van der Waals surface area contributed by atoms with E-state index in [1.807, 2.05) is 24.3 Å². The van der Waals surface area contributed by atoms with Gasteiger partial charge >= 0.3 is 0 Å². The molecule has 0 radical (unpaired) electrons. The molecule has 5 heteroatoms. The van der Waals surface area contributed by atoms with Crippen LogP contribution < -0.4 is 10.2 Å². The van der Waals surface area contributed by atoms with Crippen LogP contribution in [0.15, 0.2) is 53.4 Å². The van der Waals surface area contributed by atoms with Gasteiger partial charge in [-0.25, -0.2) is 0 Å². The van der Waals surface area contributed by atoms with Crippen LogP contribution in [0.4, 0.5) is 5.69 Å². The first kappa shape index (κ1) is 20.1. The molecule has 0 saturated heterocycles. The first-order chi connectivity index (χ1) is 13.2. The highest BCUT2D eigenvalue weighted by atomic mass is 35.5. The molecule has 1 heterocycles. The van der Waals surface area contributed by atoms with E-state index in [2.05, 4.69) is 41.4 Å². The molecule has 2 aromatic carbocycles. The largest absolute Gasteiger partial charge is 0.371 e. The van der Waals surface area contributed by atoms with Gasteiger partial charge in [0.2, 0.25) is 5.91 Å². The number of aryl methyl sites for hydroxylation is 1. The highest BCUT2D eigenvalue weighted by molar-refractivity contribution is 8.00. The quantitative estimate of drug-likeness (QED) is 0.488. The van der Waals surface area contributed by atoms with Gasteiger partial charge in [-0.05, 0) is 61.6 Å². The molecule has 2 aromatic rings. The van der Waals surface area contributed by atoms with Crippen LogP contribution >= 0.6 is 23.4 Å². The molecule has 0 unspecified atom stereocenters. The first-order valence-electron chi connectivity index (χ1n) is 9.70. The average molecular weight is 403 g/mol. The van der Waals surface area contributed by atoms with Crippen molar-refractivity contribution in [3.8, 4) is 0 Å². The Morgan fingerprint density at radius 2 is 2.00 bits per heavy atom. The Morgan fingerprint density at radius 3 is 2.78 bits per heavy atom. The Kier molecular flexibility index (Phi) is 7.48. The molecule has 1 N–H and O–H groups in total. The lowest BCUT2D eigenvalue weighted by Crippen LogP contribution is -2.36. The third kappa shape index (κ3) is 5.66. The molecule has 0 aliphatic carbocycles. The van der Waals surface area contributed by atoms with Gasteiger partial charge in [-0.1, -0.05) is 36.7 Å². The van der Waals surface area contributed by atoms with Crippen molar-refractivity contribution in [2.24, 2.45) is 0 Å². The molecule has 1 amide bonds. The fraction of sp³-hybridized carbons (Fsp3) is 0.409. The number of hydrogen-bond donors (Lipinski definition) is 1. The number of para-hydroxylation sites is 1. The number of rotatable bonds is 8. The Balaban J connectivity index is 1.44. The molecular weight excluding hydrogens is 376 g/mol. The summed E-state index contributed by atoms with van der Waals surface area (Å²) >= 11 is 7.53.